The fourth-order valence-corrected chi connectivity index (χ4v) is 2.13. The van der Waals surface area contributed by atoms with Gasteiger partial charge >= 0.3 is 0 Å². The van der Waals surface area contributed by atoms with Gasteiger partial charge in [-0.25, -0.2) is 4.39 Å². The molecular weight excluding hydrogens is 245 g/mol. The van der Waals surface area contributed by atoms with E-state index < -0.39 is 0 Å². The Hall–Kier alpha value is -2.24. The molecular formula is C13H14FN5. The molecule has 0 spiro atoms. The largest absolute Gasteiger partial charge is 0.377 e. The van der Waals surface area contributed by atoms with Crippen molar-refractivity contribution in [2.24, 2.45) is 0 Å². The highest BCUT2D eigenvalue weighted by Crippen LogP contribution is 2.12. The molecule has 0 N–H and O–H groups in total. The number of hydrogen-bond acceptors (Lipinski definition) is 4. The molecule has 19 heavy (non-hydrogen) atoms. The van der Waals surface area contributed by atoms with Crippen molar-refractivity contribution in [1.29, 1.82) is 0 Å². The van der Waals surface area contributed by atoms with Crippen molar-refractivity contribution >= 4 is 6.08 Å². The first-order valence-electron chi connectivity index (χ1n) is 6.29. The summed E-state index contributed by atoms with van der Waals surface area (Å²) in [6.45, 7) is 2.16. The molecule has 0 radical (unpaired) electrons. The minimum absolute atomic E-state index is 0.272. The summed E-state index contributed by atoms with van der Waals surface area (Å²) in [5.41, 5.74) is 0.743. The second-order valence-corrected chi connectivity index (χ2v) is 4.48. The summed E-state index contributed by atoms with van der Waals surface area (Å²) in [5, 5.41) is 11.6. The van der Waals surface area contributed by atoms with Crippen molar-refractivity contribution in [3.63, 3.8) is 0 Å². The van der Waals surface area contributed by atoms with E-state index >= 15 is 0 Å². The fraction of sp³-hybridized carbons (Fsp3) is 0.308. The Morgan fingerprint density at radius 2 is 1.84 bits per heavy atom. The number of halogens is 1. The molecule has 0 amide bonds. The Bertz CT molecular complexity index is 569. The fourth-order valence-electron chi connectivity index (χ4n) is 2.13. The zero-order chi connectivity index (χ0) is 13.1. The second-order valence-electron chi connectivity index (χ2n) is 4.48. The molecule has 6 heteroatoms. The summed E-state index contributed by atoms with van der Waals surface area (Å²) in [4.78, 5) is 2.24. The quantitative estimate of drug-likeness (QED) is 0.844. The van der Waals surface area contributed by atoms with E-state index in [4.69, 9.17) is 0 Å². The molecule has 5 nitrogen and oxygen atoms in total. The molecule has 1 aliphatic rings. The molecule has 0 bridgehead atoms. The highest BCUT2D eigenvalue weighted by Gasteiger charge is 2.09. The molecule has 0 saturated carbocycles. The molecule has 1 aromatic heterocycles. The van der Waals surface area contributed by atoms with Crippen LogP contribution in [-0.4, -0.2) is 38.2 Å². The molecule has 2 aromatic rings. The first kappa shape index (κ1) is 11.8. The predicted molar refractivity (Wildman–Crippen MR) is 69.0 cm³/mol. The van der Waals surface area contributed by atoms with Crippen LogP contribution in [0, 0.1) is 5.82 Å². The number of tetrazole rings is 1. The van der Waals surface area contributed by atoms with E-state index in [0.717, 1.165) is 18.8 Å². The van der Waals surface area contributed by atoms with Crippen molar-refractivity contribution in [1.82, 2.24) is 25.1 Å². The van der Waals surface area contributed by atoms with Crippen LogP contribution in [0.25, 0.3) is 11.8 Å². The summed E-state index contributed by atoms with van der Waals surface area (Å²) >= 11 is 0. The lowest BCUT2D eigenvalue weighted by atomic mass is 10.3. The molecule has 0 unspecified atom stereocenters. The number of aromatic nitrogens is 4. The van der Waals surface area contributed by atoms with Crippen molar-refractivity contribution in [3.8, 4) is 5.69 Å². The van der Waals surface area contributed by atoms with Crippen LogP contribution in [0.3, 0.4) is 0 Å². The highest BCUT2D eigenvalue weighted by atomic mass is 19.1. The number of hydrogen-bond donors (Lipinski definition) is 0. The van der Waals surface area contributed by atoms with Crippen LogP contribution >= 0.6 is 0 Å². The van der Waals surface area contributed by atoms with Crippen molar-refractivity contribution in [3.05, 3.63) is 42.1 Å². The summed E-state index contributed by atoms with van der Waals surface area (Å²) in [5.74, 6) is 0.365. The van der Waals surface area contributed by atoms with E-state index in [1.54, 1.807) is 16.8 Å². The van der Waals surface area contributed by atoms with Crippen LogP contribution in [0.2, 0.25) is 0 Å². The van der Waals surface area contributed by atoms with Gasteiger partial charge in [-0.05, 0) is 47.5 Å². The van der Waals surface area contributed by atoms with E-state index in [1.165, 1.54) is 25.0 Å². The third-order valence-electron chi connectivity index (χ3n) is 3.14. The van der Waals surface area contributed by atoms with Gasteiger partial charge in [0.25, 0.3) is 0 Å². The van der Waals surface area contributed by atoms with Gasteiger partial charge in [0.05, 0.1) is 5.69 Å². The van der Waals surface area contributed by atoms with Gasteiger partial charge < -0.3 is 4.90 Å². The summed E-state index contributed by atoms with van der Waals surface area (Å²) in [7, 11) is 0. The van der Waals surface area contributed by atoms with Gasteiger partial charge in [0.2, 0.25) is 0 Å². The van der Waals surface area contributed by atoms with Gasteiger partial charge in [0, 0.05) is 25.4 Å². The second kappa shape index (κ2) is 5.17. The molecule has 0 atom stereocenters. The molecule has 1 saturated heterocycles. The van der Waals surface area contributed by atoms with Crippen LogP contribution in [-0.2, 0) is 0 Å². The highest BCUT2D eigenvalue weighted by molar-refractivity contribution is 5.44. The SMILES string of the molecule is Fc1ccc(-n2nnnc2/C=C/N2CCCC2)cc1. The van der Waals surface area contributed by atoms with E-state index in [2.05, 4.69) is 20.4 Å². The summed E-state index contributed by atoms with van der Waals surface area (Å²) in [6.07, 6.45) is 6.36. The topological polar surface area (TPSA) is 46.8 Å². The lowest BCUT2D eigenvalue weighted by Crippen LogP contribution is -2.10. The predicted octanol–water partition coefficient (Wildman–Crippen LogP) is 1.87. The van der Waals surface area contributed by atoms with E-state index in [9.17, 15) is 4.39 Å². The standard InChI is InChI=1S/C13H14FN5/c14-11-3-5-12(6-4-11)19-13(15-16-17-19)7-10-18-8-1-2-9-18/h3-7,10H,1-2,8-9H2/b10-7+. The van der Waals surface area contributed by atoms with E-state index in [1.807, 2.05) is 12.3 Å². The Morgan fingerprint density at radius 1 is 1.11 bits per heavy atom. The maximum atomic E-state index is 12.9. The van der Waals surface area contributed by atoms with Crippen LogP contribution < -0.4 is 0 Å². The Kier molecular flexibility index (Phi) is 3.22. The first-order chi connectivity index (χ1) is 9.33. The smallest absolute Gasteiger partial charge is 0.181 e. The Morgan fingerprint density at radius 3 is 2.58 bits per heavy atom. The average Bonchev–Trinajstić information content (AvgIpc) is 3.08. The number of rotatable bonds is 3. The Labute approximate surface area is 110 Å². The minimum atomic E-state index is -0.272. The van der Waals surface area contributed by atoms with Crippen LogP contribution in [0.5, 0.6) is 0 Å². The number of nitrogens with zero attached hydrogens (tertiary/aromatic N) is 5. The minimum Gasteiger partial charge on any atom is -0.377 e. The maximum Gasteiger partial charge on any atom is 0.181 e. The molecule has 1 aliphatic heterocycles. The van der Waals surface area contributed by atoms with Crippen LogP contribution in [0.15, 0.2) is 30.5 Å². The molecule has 0 aliphatic carbocycles. The van der Waals surface area contributed by atoms with Gasteiger partial charge in [-0.15, -0.1) is 5.10 Å². The molecule has 3 rings (SSSR count). The third kappa shape index (κ3) is 2.62. The van der Waals surface area contributed by atoms with Gasteiger partial charge in [-0.3, -0.25) is 0 Å². The lowest BCUT2D eigenvalue weighted by Gasteiger charge is -2.09. The molecule has 1 fully saturated rings. The van der Waals surface area contributed by atoms with Gasteiger partial charge in [-0.2, -0.15) is 4.68 Å². The Balaban J connectivity index is 1.83. The van der Waals surface area contributed by atoms with Crippen LogP contribution in [0.4, 0.5) is 4.39 Å². The lowest BCUT2D eigenvalue weighted by molar-refractivity contribution is 0.470. The van der Waals surface area contributed by atoms with Crippen molar-refractivity contribution in [2.75, 3.05) is 13.1 Å². The third-order valence-corrected chi connectivity index (χ3v) is 3.14. The zero-order valence-electron chi connectivity index (χ0n) is 10.4. The van der Waals surface area contributed by atoms with Crippen molar-refractivity contribution < 1.29 is 4.39 Å². The number of benzene rings is 1. The maximum absolute atomic E-state index is 12.9. The first-order valence-corrected chi connectivity index (χ1v) is 6.29. The normalized spacial score (nSPS) is 15.5. The zero-order valence-corrected chi connectivity index (χ0v) is 10.4. The molecule has 1 aromatic carbocycles. The van der Waals surface area contributed by atoms with Gasteiger partial charge in [-0.1, -0.05) is 0 Å². The summed E-state index contributed by atoms with van der Waals surface area (Å²) in [6, 6.07) is 6.09. The number of likely N-dealkylation sites (tertiary alicyclic amines) is 1. The van der Waals surface area contributed by atoms with Gasteiger partial charge in [0.1, 0.15) is 5.82 Å². The van der Waals surface area contributed by atoms with E-state index in [-0.39, 0.29) is 5.82 Å². The molecule has 2 heterocycles. The summed E-state index contributed by atoms with van der Waals surface area (Å²) < 4.78 is 14.5. The van der Waals surface area contributed by atoms with Crippen molar-refractivity contribution in [2.45, 2.75) is 12.8 Å². The van der Waals surface area contributed by atoms with E-state index in [0.29, 0.717) is 5.82 Å². The average molecular weight is 259 g/mol. The van der Waals surface area contributed by atoms with Crippen LogP contribution in [0.1, 0.15) is 18.7 Å². The molecule has 98 valence electrons. The monoisotopic (exact) mass is 259 g/mol. The van der Waals surface area contributed by atoms with Gasteiger partial charge in [0.15, 0.2) is 5.82 Å².